The van der Waals surface area contributed by atoms with Gasteiger partial charge in [0.25, 0.3) is 0 Å². The van der Waals surface area contributed by atoms with Crippen LogP contribution in [0, 0.1) is 5.41 Å². The molecule has 1 aromatic heterocycles. The average Bonchev–Trinajstić information content (AvgIpc) is 2.87. The predicted molar refractivity (Wildman–Crippen MR) is 83.7 cm³/mol. The first-order valence-corrected chi connectivity index (χ1v) is 7.13. The Morgan fingerprint density at radius 1 is 1.25 bits per heavy atom. The molecule has 2 rings (SSSR count). The summed E-state index contributed by atoms with van der Waals surface area (Å²) in [6.45, 7) is 1.67. The van der Waals surface area contributed by atoms with Crippen molar-refractivity contribution in [3.8, 4) is 17.0 Å². The Labute approximate surface area is 137 Å². The third-order valence-electron chi connectivity index (χ3n) is 3.76. The van der Waals surface area contributed by atoms with Crippen LogP contribution in [0.5, 0.6) is 5.75 Å². The number of methoxy groups -OCH3 is 1. The summed E-state index contributed by atoms with van der Waals surface area (Å²) in [5.74, 6) is -0.340. The van der Waals surface area contributed by atoms with Gasteiger partial charge in [0.05, 0.1) is 12.8 Å². The maximum Gasteiger partial charge on any atom is 0.402 e. The Morgan fingerprint density at radius 2 is 1.92 bits per heavy atom. The molecule has 130 valence electrons. The summed E-state index contributed by atoms with van der Waals surface area (Å²) in [4.78, 5) is 12.0. The van der Waals surface area contributed by atoms with Crippen LogP contribution in [-0.4, -0.2) is 29.0 Å². The van der Waals surface area contributed by atoms with Crippen LogP contribution < -0.4 is 10.1 Å². The highest BCUT2D eigenvalue weighted by atomic mass is 19.4. The second-order valence-electron chi connectivity index (χ2n) is 5.85. The van der Waals surface area contributed by atoms with E-state index in [1.807, 2.05) is 0 Å². The second kappa shape index (κ2) is 6.18. The molecule has 5 nitrogen and oxygen atoms in total. The number of rotatable bonds is 4. The molecule has 8 heteroatoms. The van der Waals surface area contributed by atoms with Gasteiger partial charge in [0.15, 0.2) is 0 Å². The number of carbonyl (C=O) groups is 1. The van der Waals surface area contributed by atoms with E-state index in [9.17, 15) is 18.0 Å². The summed E-state index contributed by atoms with van der Waals surface area (Å²) < 4.78 is 45.3. The van der Waals surface area contributed by atoms with E-state index in [1.54, 1.807) is 31.3 Å². The van der Waals surface area contributed by atoms with Crippen molar-refractivity contribution < 1.29 is 22.7 Å². The summed E-state index contributed by atoms with van der Waals surface area (Å²) in [5.41, 5.74) is -1.27. The predicted octanol–water partition coefficient (Wildman–Crippen LogP) is 3.62. The van der Waals surface area contributed by atoms with Crippen LogP contribution in [0.1, 0.15) is 13.8 Å². The fourth-order valence-electron chi connectivity index (χ4n) is 1.91. The number of alkyl halides is 3. The molecule has 2 aromatic rings. The fourth-order valence-corrected chi connectivity index (χ4v) is 1.91. The molecule has 0 atom stereocenters. The van der Waals surface area contributed by atoms with E-state index in [0.717, 1.165) is 19.4 Å². The molecule has 1 aromatic carbocycles. The molecule has 0 bridgehead atoms. The molecule has 1 N–H and O–H groups in total. The van der Waals surface area contributed by atoms with Gasteiger partial charge in [0, 0.05) is 18.7 Å². The van der Waals surface area contributed by atoms with Gasteiger partial charge in [-0.1, -0.05) is 12.1 Å². The molecular formula is C16H18F3N3O2. The van der Waals surface area contributed by atoms with Crippen molar-refractivity contribution in [1.82, 2.24) is 9.78 Å². The van der Waals surface area contributed by atoms with Gasteiger partial charge in [0.1, 0.15) is 17.0 Å². The Balaban J connectivity index is 2.28. The maximum atomic E-state index is 12.9. The highest BCUT2D eigenvalue weighted by Crippen LogP contribution is 2.38. The molecule has 0 fully saturated rings. The average molecular weight is 341 g/mol. The topological polar surface area (TPSA) is 56.1 Å². The number of amides is 1. The zero-order valence-electron chi connectivity index (χ0n) is 13.7. The number of nitrogens with zero attached hydrogens (tertiary/aromatic N) is 2. The fraction of sp³-hybridized carbons (Fsp3) is 0.375. The third-order valence-corrected chi connectivity index (χ3v) is 3.76. The molecule has 1 heterocycles. The lowest BCUT2D eigenvalue weighted by Crippen LogP contribution is -2.43. The van der Waals surface area contributed by atoms with Crippen LogP contribution in [0.25, 0.3) is 11.3 Å². The minimum absolute atomic E-state index is 0.176. The van der Waals surface area contributed by atoms with E-state index in [1.165, 1.54) is 17.9 Å². The second-order valence-corrected chi connectivity index (χ2v) is 5.85. The summed E-state index contributed by atoms with van der Waals surface area (Å²) in [7, 11) is 3.07. The van der Waals surface area contributed by atoms with Crippen LogP contribution in [0.3, 0.4) is 0 Å². The van der Waals surface area contributed by atoms with Gasteiger partial charge in [-0.25, -0.2) is 0 Å². The van der Waals surface area contributed by atoms with Gasteiger partial charge < -0.3 is 10.1 Å². The molecule has 24 heavy (non-hydrogen) atoms. The molecule has 0 aliphatic rings. The highest BCUT2D eigenvalue weighted by molar-refractivity contribution is 5.95. The van der Waals surface area contributed by atoms with Crippen molar-refractivity contribution in [3.05, 3.63) is 30.3 Å². The zero-order chi connectivity index (χ0) is 18.1. The normalized spacial score (nSPS) is 12.1. The molecule has 0 aliphatic carbocycles. The van der Waals surface area contributed by atoms with Crippen molar-refractivity contribution in [1.29, 1.82) is 0 Å². The van der Waals surface area contributed by atoms with E-state index in [0.29, 0.717) is 11.4 Å². The number of hydrogen-bond donors (Lipinski definition) is 1. The number of ether oxygens (including phenoxy) is 1. The first kappa shape index (κ1) is 17.8. The first-order valence-electron chi connectivity index (χ1n) is 7.13. The first-order chi connectivity index (χ1) is 11.1. The monoisotopic (exact) mass is 341 g/mol. The van der Waals surface area contributed by atoms with Crippen molar-refractivity contribution in [2.75, 3.05) is 12.4 Å². The lowest BCUT2D eigenvalue weighted by Gasteiger charge is -2.26. The summed E-state index contributed by atoms with van der Waals surface area (Å²) in [6.07, 6.45) is -4.65. The van der Waals surface area contributed by atoms with E-state index in [4.69, 9.17) is 4.74 Å². The van der Waals surface area contributed by atoms with E-state index in [2.05, 4.69) is 10.4 Å². The minimum Gasteiger partial charge on any atom is -0.497 e. The van der Waals surface area contributed by atoms with E-state index in [-0.39, 0.29) is 5.82 Å². The molecule has 0 aliphatic heterocycles. The largest absolute Gasteiger partial charge is 0.497 e. The number of hydrogen-bond acceptors (Lipinski definition) is 3. The number of halogens is 3. The Kier molecular flexibility index (Phi) is 4.59. The van der Waals surface area contributed by atoms with Gasteiger partial charge in [0.2, 0.25) is 5.91 Å². The van der Waals surface area contributed by atoms with Crippen molar-refractivity contribution in [2.45, 2.75) is 20.0 Å². The van der Waals surface area contributed by atoms with Crippen molar-refractivity contribution >= 4 is 11.7 Å². The molecule has 0 saturated carbocycles. The molecule has 0 unspecified atom stereocenters. The lowest BCUT2D eigenvalue weighted by molar-refractivity contribution is -0.208. The van der Waals surface area contributed by atoms with E-state index < -0.39 is 17.5 Å². The minimum atomic E-state index is -4.65. The van der Waals surface area contributed by atoms with Crippen molar-refractivity contribution in [2.24, 2.45) is 12.5 Å². The number of aryl methyl sites for hydroxylation is 1. The van der Waals surface area contributed by atoms with Gasteiger partial charge >= 0.3 is 6.18 Å². The summed E-state index contributed by atoms with van der Waals surface area (Å²) >= 11 is 0. The Morgan fingerprint density at radius 3 is 2.50 bits per heavy atom. The van der Waals surface area contributed by atoms with Gasteiger partial charge in [-0.2, -0.15) is 18.3 Å². The SMILES string of the molecule is COc1cccc(-c2cc(NC(=O)C(C)(C)C(F)(F)F)n(C)n2)c1. The number of anilines is 1. The quantitative estimate of drug-likeness (QED) is 0.924. The van der Waals surface area contributed by atoms with Crippen LogP contribution in [0.2, 0.25) is 0 Å². The van der Waals surface area contributed by atoms with Crippen molar-refractivity contribution in [3.63, 3.8) is 0 Å². The van der Waals surface area contributed by atoms with Gasteiger partial charge in [-0.3, -0.25) is 9.48 Å². The Hall–Kier alpha value is -2.51. The summed E-state index contributed by atoms with van der Waals surface area (Å²) in [6, 6.07) is 8.58. The molecule has 0 saturated heterocycles. The number of aromatic nitrogens is 2. The molecule has 0 spiro atoms. The van der Waals surface area contributed by atoms with E-state index >= 15 is 0 Å². The lowest BCUT2D eigenvalue weighted by atomic mass is 9.91. The van der Waals surface area contributed by atoms with Crippen LogP contribution in [0.4, 0.5) is 19.0 Å². The maximum absolute atomic E-state index is 12.9. The molecule has 0 radical (unpaired) electrons. The third kappa shape index (κ3) is 3.37. The molecule has 1 amide bonds. The van der Waals surface area contributed by atoms with Crippen LogP contribution >= 0.6 is 0 Å². The van der Waals surface area contributed by atoms with Crippen LogP contribution in [-0.2, 0) is 11.8 Å². The van der Waals surface area contributed by atoms with Gasteiger partial charge in [-0.15, -0.1) is 0 Å². The smallest absolute Gasteiger partial charge is 0.402 e. The highest BCUT2D eigenvalue weighted by Gasteiger charge is 2.53. The number of benzene rings is 1. The molecular weight excluding hydrogens is 323 g/mol. The zero-order valence-corrected chi connectivity index (χ0v) is 13.7. The number of nitrogens with one attached hydrogen (secondary N) is 1. The van der Waals surface area contributed by atoms with Gasteiger partial charge in [-0.05, 0) is 26.0 Å². The summed E-state index contributed by atoms with van der Waals surface area (Å²) in [5, 5.41) is 6.50. The number of carbonyl (C=O) groups excluding carboxylic acids is 1. The Bertz CT molecular complexity index is 751. The standard InChI is InChI=1S/C16H18F3N3O2/c1-15(2,16(17,18)19)14(23)20-13-9-12(21-22(13)3)10-6-5-7-11(8-10)24-4/h5-9H,1-4H3,(H,20,23). The van der Waals surface area contributed by atoms with Crippen LogP contribution in [0.15, 0.2) is 30.3 Å².